The van der Waals surface area contributed by atoms with Gasteiger partial charge in [-0.1, -0.05) is 24.3 Å². The fourth-order valence-corrected chi connectivity index (χ4v) is 4.92. The number of halogens is 1. The van der Waals surface area contributed by atoms with E-state index in [2.05, 4.69) is 0 Å². The van der Waals surface area contributed by atoms with Gasteiger partial charge in [0.2, 0.25) is 9.84 Å². The van der Waals surface area contributed by atoms with Crippen LogP contribution in [0.2, 0.25) is 0 Å². The van der Waals surface area contributed by atoms with E-state index in [0.29, 0.717) is 5.56 Å². The van der Waals surface area contributed by atoms with Crippen molar-refractivity contribution in [2.45, 2.75) is 22.8 Å². The highest BCUT2D eigenvalue weighted by Crippen LogP contribution is 2.35. The summed E-state index contributed by atoms with van der Waals surface area (Å²) in [5.41, 5.74) is 0.731. The van der Waals surface area contributed by atoms with Gasteiger partial charge in [-0.2, -0.15) is 0 Å². The van der Waals surface area contributed by atoms with E-state index < -0.39 is 33.5 Å². The minimum absolute atomic E-state index is 0.00784. The molecular formula is C22H15FO5S. The molecule has 3 aromatic carbocycles. The van der Waals surface area contributed by atoms with Gasteiger partial charge in [-0.15, -0.1) is 0 Å². The molecule has 5 nitrogen and oxygen atoms in total. The van der Waals surface area contributed by atoms with Gasteiger partial charge in [-0.25, -0.2) is 17.6 Å². The van der Waals surface area contributed by atoms with Gasteiger partial charge in [-0.3, -0.25) is 4.79 Å². The number of sulfone groups is 1. The van der Waals surface area contributed by atoms with E-state index in [-0.39, 0.29) is 26.5 Å². The number of hydrogen-bond acceptors (Lipinski definition) is 5. The van der Waals surface area contributed by atoms with Crippen LogP contribution in [0.25, 0.3) is 0 Å². The predicted octanol–water partition coefficient (Wildman–Crippen LogP) is 4.12. The summed E-state index contributed by atoms with van der Waals surface area (Å²) in [6, 6.07) is 15.3. The first kappa shape index (κ1) is 19.0. The van der Waals surface area contributed by atoms with Gasteiger partial charge in [0.05, 0.1) is 15.4 Å². The summed E-state index contributed by atoms with van der Waals surface area (Å²) in [5.74, 6) is -1.56. The van der Waals surface area contributed by atoms with E-state index in [1.807, 2.05) is 0 Å². The normalized spacial score (nSPS) is 15.2. The number of ketones is 1. The average Bonchev–Trinajstić information content (AvgIpc) is 2.72. The summed E-state index contributed by atoms with van der Waals surface area (Å²) in [6.07, 6.45) is -0.668. The van der Waals surface area contributed by atoms with Crippen molar-refractivity contribution in [2.75, 3.05) is 0 Å². The van der Waals surface area contributed by atoms with Crippen LogP contribution in [0.1, 0.15) is 44.9 Å². The maximum atomic E-state index is 13.1. The SMILES string of the molecule is CC(OC(=O)c1ccc2c(c1)S(=O)(=O)c1ccccc1C2=O)c1ccc(F)cc1. The van der Waals surface area contributed by atoms with Crippen LogP contribution >= 0.6 is 0 Å². The Morgan fingerprint density at radius 1 is 0.931 bits per heavy atom. The molecular weight excluding hydrogens is 395 g/mol. The lowest BCUT2D eigenvalue weighted by atomic mass is 10.0. The largest absolute Gasteiger partial charge is 0.454 e. The van der Waals surface area contributed by atoms with Gasteiger partial charge in [0, 0.05) is 11.1 Å². The summed E-state index contributed by atoms with van der Waals surface area (Å²) >= 11 is 0. The van der Waals surface area contributed by atoms with Gasteiger partial charge >= 0.3 is 5.97 Å². The highest BCUT2D eigenvalue weighted by Gasteiger charge is 2.35. The van der Waals surface area contributed by atoms with Crippen molar-refractivity contribution < 1.29 is 27.1 Å². The summed E-state index contributed by atoms with van der Waals surface area (Å²) in [7, 11) is -3.95. The topological polar surface area (TPSA) is 77.5 Å². The van der Waals surface area contributed by atoms with E-state index in [1.54, 1.807) is 13.0 Å². The number of carbonyl (C=O) groups is 2. The third-order valence-electron chi connectivity index (χ3n) is 4.80. The quantitative estimate of drug-likeness (QED) is 0.475. The van der Waals surface area contributed by atoms with Crippen molar-refractivity contribution in [3.63, 3.8) is 0 Å². The number of esters is 1. The lowest BCUT2D eigenvalue weighted by Crippen LogP contribution is -2.21. The smallest absolute Gasteiger partial charge is 0.338 e. The molecule has 0 saturated heterocycles. The number of carbonyl (C=O) groups excluding carboxylic acids is 2. The molecule has 0 N–H and O–H groups in total. The summed E-state index contributed by atoms with van der Waals surface area (Å²) in [5, 5.41) is 0. The van der Waals surface area contributed by atoms with E-state index in [9.17, 15) is 22.4 Å². The van der Waals surface area contributed by atoms with Crippen LogP contribution in [0.3, 0.4) is 0 Å². The Bertz CT molecular complexity index is 1250. The summed E-state index contributed by atoms with van der Waals surface area (Å²) in [4.78, 5) is 24.9. The second-order valence-corrected chi connectivity index (χ2v) is 8.53. The molecule has 0 saturated carbocycles. The second-order valence-electron chi connectivity index (χ2n) is 6.64. The Kier molecular flexibility index (Phi) is 4.55. The molecule has 0 aromatic heterocycles. The zero-order valence-electron chi connectivity index (χ0n) is 15.3. The number of benzene rings is 3. The Labute approximate surface area is 166 Å². The molecule has 0 aliphatic carbocycles. The molecule has 1 heterocycles. The third kappa shape index (κ3) is 3.23. The van der Waals surface area contributed by atoms with E-state index in [4.69, 9.17) is 4.74 Å². The number of fused-ring (bicyclic) bond motifs is 2. The van der Waals surface area contributed by atoms with Crippen LogP contribution in [-0.2, 0) is 14.6 Å². The molecule has 0 fully saturated rings. The molecule has 7 heteroatoms. The average molecular weight is 410 g/mol. The van der Waals surface area contributed by atoms with E-state index >= 15 is 0 Å². The molecule has 1 aliphatic rings. The first-order valence-corrected chi connectivity index (χ1v) is 10.3. The molecule has 4 rings (SSSR count). The maximum Gasteiger partial charge on any atom is 0.338 e. The van der Waals surface area contributed by atoms with Gasteiger partial charge < -0.3 is 4.74 Å². The molecule has 0 spiro atoms. The Morgan fingerprint density at radius 2 is 1.59 bits per heavy atom. The minimum Gasteiger partial charge on any atom is -0.454 e. The fraction of sp³-hybridized carbons (Fsp3) is 0.0909. The fourth-order valence-electron chi connectivity index (χ4n) is 3.24. The Hall–Kier alpha value is -3.32. The highest BCUT2D eigenvalue weighted by atomic mass is 32.2. The van der Waals surface area contributed by atoms with Crippen LogP contribution < -0.4 is 0 Å². The van der Waals surface area contributed by atoms with E-state index in [0.717, 1.165) is 6.07 Å². The van der Waals surface area contributed by atoms with Crippen molar-refractivity contribution in [1.29, 1.82) is 0 Å². The van der Waals surface area contributed by atoms with Crippen molar-refractivity contribution in [1.82, 2.24) is 0 Å². The van der Waals surface area contributed by atoms with Crippen LogP contribution in [0.5, 0.6) is 0 Å². The third-order valence-corrected chi connectivity index (χ3v) is 6.65. The monoisotopic (exact) mass is 410 g/mol. The van der Waals surface area contributed by atoms with Crippen molar-refractivity contribution in [3.8, 4) is 0 Å². The van der Waals surface area contributed by atoms with Crippen LogP contribution in [-0.4, -0.2) is 20.2 Å². The predicted molar refractivity (Wildman–Crippen MR) is 102 cm³/mol. The maximum absolute atomic E-state index is 13.1. The molecule has 1 aliphatic heterocycles. The zero-order chi connectivity index (χ0) is 20.8. The van der Waals surface area contributed by atoms with E-state index in [1.165, 1.54) is 54.6 Å². The summed E-state index contributed by atoms with van der Waals surface area (Å²) in [6.45, 7) is 1.63. The van der Waals surface area contributed by atoms with Crippen molar-refractivity contribution in [3.05, 3.63) is 94.8 Å². The van der Waals surface area contributed by atoms with Gasteiger partial charge in [0.25, 0.3) is 0 Å². The molecule has 29 heavy (non-hydrogen) atoms. The number of ether oxygens (including phenoxy) is 1. The molecule has 0 radical (unpaired) electrons. The van der Waals surface area contributed by atoms with Gasteiger partial charge in [0.15, 0.2) is 5.78 Å². The lowest BCUT2D eigenvalue weighted by molar-refractivity contribution is 0.0337. The first-order chi connectivity index (χ1) is 13.8. The standard InChI is InChI=1S/C22H15FO5S/c1-13(14-6-9-16(23)10-7-14)28-22(25)15-8-11-18-20(12-15)29(26,27)19-5-3-2-4-17(19)21(18)24/h2-13H,1H3. The molecule has 0 bridgehead atoms. The zero-order valence-corrected chi connectivity index (χ0v) is 16.1. The number of rotatable bonds is 3. The van der Waals surface area contributed by atoms with Crippen molar-refractivity contribution >= 4 is 21.6 Å². The second kappa shape index (κ2) is 6.93. The summed E-state index contributed by atoms with van der Waals surface area (Å²) < 4.78 is 44.3. The molecule has 0 amide bonds. The lowest BCUT2D eigenvalue weighted by Gasteiger charge is -2.19. The van der Waals surface area contributed by atoms with Gasteiger partial charge in [-0.05, 0) is 55.0 Å². The van der Waals surface area contributed by atoms with Crippen LogP contribution in [0.4, 0.5) is 4.39 Å². The van der Waals surface area contributed by atoms with Crippen LogP contribution in [0.15, 0.2) is 76.5 Å². The van der Waals surface area contributed by atoms with Crippen LogP contribution in [0, 0.1) is 5.82 Å². The van der Waals surface area contributed by atoms with Gasteiger partial charge in [0.1, 0.15) is 11.9 Å². The molecule has 1 unspecified atom stereocenters. The molecule has 1 atom stereocenters. The Balaban J connectivity index is 1.68. The van der Waals surface area contributed by atoms with Crippen molar-refractivity contribution in [2.24, 2.45) is 0 Å². The number of hydrogen-bond donors (Lipinski definition) is 0. The molecule has 3 aromatic rings. The Morgan fingerprint density at radius 3 is 2.31 bits per heavy atom. The minimum atomic E-state index is -3.95. The first-order valence-electron chi connectivity index (χ1n) is 8.78. The molecule has 146 valence electrons. The highest BCUT2D eigenvalue weighted by molar-refractivity contribution is 7.91.